The normalized spacial score (nSPS) is 12.5. The zero-order valence-corrected chi connectivity index (χ0v) is 18.9. The molecule has 32 heavy (non-hydrogen) atoms. The van der Waals surface area contributed by atoms with Crippen molar-refractivity contribution < 1.29 is 23.9 Å². The number of benzene rings is 2. The summed E-state index contributed by atoms with van der Waals surface area (Å²) in [5, 5.41) is 3.27. The van der Waals surface area contributed by atoms with E-state index in [-0.39, 0.29) is 19.0 Å². The number of hydrogen-bond donors (Lipinski definition) is 2. The van der Waals surface area contributed by atoms with Crippen LogP contribution in [0.25, 0.3) is 11.1 Å². The average Bonchev–Trinajstić information content (AvgIpc) is 2.73. The van der Waals surface area contributed by atoms with E-state index in [0.29, 0.717) is 11.4 Å². The van der Waals surface area contributed by atoms with Crippen molar-refractivity contribution in [3.8, 4) is 11.1 Å². The molecule has 0 bridgehead atoms. The third kappa shape index (κ3) is 7.81. The van der Waals surface area contributed by atoms with Crippen LogP contribution in [0.1, 0.15) is 32.3 Å². The number of amides is 2. The number of primary amides is 1. The van der Waals surface area contributed by atoms with Gasteiger partial charge in [-0.15, -0.1) is 0 Å². The molecule has 0 aliphatic carbocycles. The second-order valence-electron chi connectivity index (χ2n) is 7.54. The topological polar surface area (TPSA) is 116 Å². The third-order valence-electron chi connectivity index (χ3n) is 4.84. The number of nitrogens with one attached hydrogen (secondary N) is 1. The number of esters is 1. The molecule has 0 unspecified atom stereocenters. The molecule has 8 heteroatoms. The van der Waals surface area contributed by atoms with Gasteiger partial charge in [0, 0.05) is 11.1 Å². The molecular formula is C24H27ClN2O5. The SMILES string of the molecule is CCOC(=O)[C@H](C)C[C@@H](Cc1ccc(-c2cccc(Cl)c2)cc1)NC(=O)C(=O)CC(N)=O. The average molecular weight is 459 g/mol. The summed E-state index contributed by atoms with van der Waals surface area (Å²) < 4.78 is 5.04. The zero-order valence-electron chi connectivity index (χ0n) is 18.1. The Bertz CT molecular complexity index is 975. The Morgan fingerprint density at radius 1 is 1.06 bits per heavy atom. The van der Waals surface area contributed by atoms with Crippen LogP contribution in [-0.4, -0.2) is 36.2 Å². The monoisotopic (exact) mass is 458 g/mol. The van der Waals surface area contributed by atoms with Gasteiger partial charge in [-0.05, 0) is 48.6 Å². The van der Waals surface area contributed by atoms with Crippen LogP contribution in [0.3, 0.4) is 0 Å². The van der Waals surface area contributed by atoms with Gasteiger partial charge in [0.05, 0.1) is 18.9 Å². The molecular weight excluding hydrogens is 432 g/mol. The highest BCUT2D eigenvalue weighted by Gasteiger charge is 2.25. The van der Waals surface area contributed by atoms with Crippen LogP contribution in [0.5, 0.6) is 0 Å². The van der Waals surface area contributed by atoms with Crippen molar-refractivity contribution in [3.05, 3.63) is 59.1 Å². The standard InChI is InChI=1S/C24H27ClN2O5/c1-3-32-24(31)15(2)11-20(27-23(30)21(28)14-22(26)29)12-16-7-9-17(10-8-16)18-5-4-6-19(25)13-18/h4-10,13,15,20H,3,11-12,14H2,1-2H3,(H2,26,29)(H,27,30)/t15-,20+/m1/s1. The molecule has 2 rings (SSSR count). The van der Waals surface area contributed by atoms with E-state index in [1.54, 1.807) is 19.9 Å². The second kappa shape index (κ2) is 12.0. The first-order valence-electron chi connectivity index (χ1n) is 10.3. The van der Waals surface area contributed by atoms with E-state index in [4.69, 9.17) is 22.1 Å². The van der Waals surface area contributed by atoms with E-state index in [0.717, 1.165) is 16.7 Å². The largest absolute Gasteiger partial charge is 0.466 e. The van der Waals surface area contributed by atoms with Crippen molar-refractivity contribution in [3.63, 3.8) is 0 Å². The van der Waals surface area contributed by atoms with Gasteiger partial charge in [-0.1, -0.05) is 54.9 Å². The maximum Gasteiger partial charge on any atom is 0.308 e. The molecule has 2 aromatic carbocycles. The molecule has 0 heterocycles. The lowest BCUT2D eigenvalue weighted by Crippen LogP contribution is -2.43. The summed E-state index contributed by atoms with van der Waals surface area (Å²) in [7, 11) is 0. The fraction of sp³-hybridized carbons (Fsp3) is 0.333. The van der Waals surface area contributed by atoms with Gasteiger partial charge in [-0.3, -0.25) is 19.2 Å². The van der Waals surface area contributed by atoms with E-state index < -0.39 is 36.0 Å². The first kappa shape index (κ1) is 25.1. The molecule has 0 aliphatic heterocycles. The van der Waals surface area contributed by atoms with Crippen molar-refractivity contribution in [2.24, 2.45) is 11.7 Å². The van der Waals surface area contributed by atoms with Crippen molar-refractivity contribution in [2.45, 2.75) is 39.2 Å². The van der Waals surface area contributed by atoms with E-state index in [2.05, 4.69) is 5.32 Å². The minimum atomic E-state index is -0.914. The lowest BCUT2D eigenvalue weighted by atomic mass is 9.94. The van der Waals surface area contributed by atoms with E-state index in [9.17, 15) is 19.2 Å². The highest BCUT2D eigenvalue weighted by atomic mass is 35.5. The number of hydrogen-bond acceptors (Lipinski definition) is 5. The van der Waals surface area contributed by atoms with E-state index in [1.165, 1.54) is 0 Å². The number of carbonyl (C=O) groups is 4. The molecule has 7 nitrogen and oxygen atoms in total. The Morgan fingerprint density at radius 2 is 1.75 bits per heavy atom. The van der Waals surface area contributed by atoms with E-state index >= 15 is 0 Å². The number of carbonyl (C=O) groups excluding carboxylic acids is 4. The van der Waals surface area contributed by atoms with Gasteiger partial charge in [-0.25, -0.2) is 0 Å². The lowest BCUT2D eigenvalue weighted by molar-refractivity contribution is -0.148. The zero-order chi connectivity index (χ0) is 23.7. The summed E-state index contributed by atoms with van der Waals surface area (Å²) in [5.74, 6) is -3.56. The first-order valence-corrected chi connectivity index (χ1v) is 10.7. The smallest absolute Gasteiger partial charge is 0.308 e. The molecule has 2 aromatic rings. The maximum atomic E-state index is 12.2. The fourth-order valence-corrected chi connectivity index (χ4v) is 3.48. The molecule has 0 spiro atoms. The minimum absolute atomic E-state index is 0.252. The summed E-state index contributed by atoms with van der Waals surface area (Å²) in [5.41, 5.74) is 7.86. The van der Waals surface area contributed by atoms with Gasteiger partial charge in [-0.2, -0.15) is 0 Å². The van der Waals surface area contributed by atoms with E-state index in [1.807, 2.05) is 42.5 Å². The van der Waals surface area contributed by atoms with Crippen LogP contribution in [0.15, 0.2) is 48.5 Å². The molecule has 0 radical (unpaired) electrons. The molecule has 0 aromatic heterocycles. The summed E-state index contributed by atoms with van der Waals surface area (Å²) in [6.07, 6.45) is -0.0139. The third-order valence-corrected chi connectivity index (χ3v) is 5.08. The molecule has 170 valence electrons. The molecule has 2 atom stereocenters. The van der Waals surface area contributed by atoms with Gasteiger partial charge >= 0.3 is 5.97 Å². The summed E-state index contributed by atoms with van der Waals surface area (Å²) in [4.78, 5) is 47.1. The number of nitrogens with two attached hydrogens (primary N) is 1. The van der Waals surface area contributed by atoms with Gasteiger partial charge < -0.3 is 15.8 Å². The Labute approximate surface area is 192 Å². The number of halogens is 1. The quantitative estimate of drug-likeness (QED) is 0.305. The van der Waals surface area contributed by atoms with Crippen LogP contribution in [0.2, 0.25) is 5.02 Å². The number of ketones is 1. The van der Waals surface area contributed by atoms with Crippen LogP contribution < -0.4 is 11.1 Å². The van der Waals surface area contributed by atoms with Crippen LogP contribution >= 0.6 is 11.6 Å². The van der Waals surface area contributed by atoms with Gasteiger partial charge in [0.25, 0.3) is 5.91 Å². The Kier molecular flexibility index (Phi) is 9.40. The number of rotatable bonds is 11. The molecule has 2 amide bonds. The van der Waals surface area contributed by atoms with Crippen LogP contribution in [-0.2, 0) is 30.3 Å². The predicted octanol–water partition coefficient (Wildman–Crippen LogP) is 3.07. The van der Waals surface area contributed by atoms with Gasteiger partial charge in [0.1, 0.15) is 0 Å². The fourth-order valence-electron chi connectivity index (χ4n) is 3.29. The van der Waals surface area contributed by atoms with Crippen molar-refractivity contribution >= 4 is 35.2 Å². The number of Topliss-reactive ketones (excluding diaryl/α,β-unsaturated/α-hetero) is 1. The molecule has 0 saturated carbocycles. The predicted molar refractivity (Wildman–Crippen MR) is 122 cm³/mol. The number of ether oxygens (including phenoxy) is 1. The van der Waals surface area contributed by atoms with Crippen LogP contribution in [0, 0.1) is 5.92 Å². The highest BCUT2D eigenvalue weighted by Crippen LogP contribution is 2.23. The summed E-state index contributed by atoms with van der Waals surface area (Å²) in [6, 6.07) is 14.7. The highest BCUT2D eigenvalue weighted by molar-refractivity contribution is 6.39. The van der Waals surface area contributed by atoms with Crippen LogP contribution in [0.4, 0.5) is 0 Å². The maximum absolute atomic E-state index is 12.2. The van der Waals surface area contributed by atoms with Crippen molar-refractivity contribution in [1.29, 1.82) is 0 Å². The summed E-state index contributed by atoms with van der Waals surface area (Å²) in [6.45, 7) is 3.67. The Balaban J connectivity index is 2.15. The lowest BCUT2D eigenvalue weighted by Gasteiger charge is -2.21. The second-order valence-corrected chi connectivity index (χ2v) is 7.97. The first-order chi connectivity index (χ1) is 15.2. The molecule has 3 N–H and O–H groups in total. The van der Waals surface area contributed by atoms with Crippen molar-refractivity contribution in [1.82, 2.24) is 5.32 Å². The molecule has 0 aliphatic rings. The van der Waals surface area contributed by atoms with Gasteiger partial charge in [0.15, 0.2) is 0 Å². The van der Waals surface area contributed by atoms with Crippen molar-refractivity contribution in [2.75, 3.05) is 6.61 Å². The Hall–Kier alpha value is -3.19. The molecule has 0 saturated heterocycles. The minimum Gasteiger partial charge on any atom is -0.466 e. The molecule has 0 fully saturated rings. The van der Waals surface area contributed by atoms with Gasteiger partial charge in [0.2, 0.25) is 11.7 Å². The Morgan fingerprint density at radius 3 is 2.34 bits per heavy atom. The summed E-state index contributed by atoms with van der Waals surface area (Å²) >= 11 is 6.06.